The minimum Gasteiger partial charge on any atom is -0.397 e. The number of hydrogen-bond acceptors (Lipinski definition) is 2. The van der Waals surface area contributed by atoms with Crippen molar-refractivity contribution in [3.05, 3.63) is 41.0 Å². The highest BCUT2D eigenvalue weighted by molar-refractivity contribution is 5.58. The second kappa shape index (κ2) is 4.20. The summed E-state index contributed by atoms with van der Waals surface area (Å²) in [5, 5.41) is 4.46. The highest BCUT2D eigenvalue weighted by Crippen LogP contribution is 2.23. The molecule has 2 aromatic rings. The van der Waals surface area contributed by atoms with Gasteiger partial charge in [-0.05, 0) is 44.0 Å². The van der Waals surface area contributed by atoms with Crippen LogP contribution >= 0.6 is 0 Å². The number of nitrogens with two attached hydrogens (primary N) is 1. The standard InChI is InChI=1S/C13H16FN3/c1-4-11-8(2)16-17(9(11)3)13-6-5-10(14)7-12(13)15/h5-7H,4,15H2,1-3H3. The highest BCUT2D eigenvalue weighted by atomic mass is 19.1. The van der Waals surface area contributed by atoms with Gasteiger partial charge in [-0.1, -0.05) is 6.92 Å². The Bertz CT molecular complexity index is 558. The third kappa shape index (κ3) is 1.90. The minimum atomic E-state index is -0.330. The molecule has 0 spiro atoms. The van der Waals surface area contributed by atoms with Crippen LogP contribution in [0.2, 0.25) is 0 Å². The molecule has 3 nitrogen and oxygen atoms in total. The van der Waals surface area contributed by atoms with Gasteiger partial charge in [-0.15, -0.1) is 0 Å². The molecule has 90 valence electrons. The normalized spacial score (nSPS) is 10.8. The summed E-state index contributed by atoms with van der Waals surface area (Å²) in [5.74, 6) is -0.330. The maximum absolute atomic E-state index is 13.0. The van der Waals surface area contributed by atoms with Gasteiger partial charge in [0.15, 0.2) is 0 Å². The Hall–Kier alpha value is -1.84. The molecule has 0 fully saturated rings. The molecule has 0 bridgehead atoms. The predicted octanol–water partition coefficient (Wildman–Crippen LogP) is 2.77. The van der Waals surface area contributed by atoms with E-state index in [1.165, 1.54) is 17.7 Å². The predicted molar refractivity (Wildman–Crippen MR) is 66.8 cm³/mol. The summed E-state index contributed by atoms with van der Waals surface area (Å²) in [4.78, 5) is 0. The van der Waals surface area contributed by atoms with Crippen molar-refractivity contribution in [2.75, 3.05) is 5.73 Å². The molecule has 0 saturated heterocycles. The lowest BCUT2D eigenvalue weighted by atomic mass is 10.1. The van der Waals surface area contributed by atoms with Crippen LogP contribution in [0.3, 0.4) is 0 Å². The molecule has 0 radical (unpaired) electrons. The van der Waals surface area contributed by atoms with Crippen molar-refractivity contribution in [2.24, 2.45) is 0 Å². The van der Waals surface area contributed by atoms with Crippen LogP contribution in [0.15, 0.2) is 18.2 Å². The van der Waals surface area contributed by atoms with E-state index in [0.29, 0.717) is 5.69 Å². The van der Waals surface area contributed by atoms with Gasteiger partial charge in [0, 0.05) is 5.69 Å². The van der Waals surface area contributed by atoms with E-state index in [-0.39, 0.29) is 5.82 Å². The van der Waals surface area contributed by atoms with Crippen molar-refractivity contribution < 1.29 is 4.39 Å². The van der Waals surface area contributed by atoms with Gasteiger partial charge in [0.25, 0.3) is 0 Å². The lowest BCUT2D eigenvalue weighted by Crippen LogP contribution is -2.04. The van der Waals surface area contributed by atoms with Gasteiger partial charge in [-0.3, -0.25) is 0 Å². The zero-order valence-electron chi connectivity index (χ0n) is 10.3. The summed E-state index contributed by atoms with van der Waals surface area (Å²) < 4.78 is 14.8. The molecule has 0 aliphatic carbocycles. The molecule has 4 heteroatoms. The van der Waals surface area contributed by atoms with E-state index >= 15 is 0 Å². The molecule has 0 aliphatic rings. The summed E-state index contributed by atoms with van der Waals surface area (Å²) in [5.41, 5.74) is 10.2. The van der Waals surface area contributed by atoms with Gasteiger partial charge >= 0.3 is 0 Å². The Balaban J connectivity index is 2.61. The SMILES string of the molecule is CCc1c(C)nn(-c2ccc(F)cc2N)c1C. The number of hydrogen-bond donors (Lipinski definition) is 1. The second-order valence-corrected chi connectivity index (χ2v) is 4.12. The van der Waals surface area contributed by atoms with Crippen LogP contribution in [0, 0.1) is 19.7 Å². The first-order valence-electron chi connectivity index (χ1n) is 5.65. The average Bonchev–Trinajstić information content (AvgIpc) is 2.54. The Morgan fingerprint density at radius 1 is 1.35 bits per heavy atom. The highest BCUT2D eigenvalue weighted by Gasteiger charge is 2.13. The van der Waals surface area contributed by atoms with E-state index < -0.39 is 0 Å². The lowest BCUT2D eigenvalue weighted by Gasteiger charge is -2.08. The third-order valence-corrected chi connectivity index (χ3v) is 3.01. The average molecular weight is 233 g/mol. The summed E-state index contributed by atoms with van der Waals surface area (Å²) in [7, 11) is 0. The number of halogens is 1. The van der Waals surface area contributed by atoms with E-state index in [9.17, 15) is 4.39 Å². The molecule has 2 rings (SSSR count). The molecule has 1 aromatic heterocycles. The van der Waals surface area contributed by atoms with Crippen LogP contribution in [0.25, 0.3) is 5.69 Å². The molecule has 0 aliphatic heterocycles. The number of anilines is 1. The van der Waals surface area contributed by atoms with E-state index in [1.54, 1.807) is 10.7 Å². The van der Waals surface area contributed by atoms with Gasteiger partial charge in [-0.2, -0.15) is 5.10 Å². The largest absolute Gasteiger partial charge is 0.397 e. The molecular weight excluding hydrogens is 217 g/mol. The van der Waals surface area contributed by atoms with E-state index in [2.05, 4.69) is 12.0 Å². The van der Waals surface area contributed by atoms with Crippen molar-refractivity contribution in [3.8, 4) is 5.69 Å². The molecular formula is C13H16FN3. The number of aromatic nitrogens is 2. The van der Waals surface area contributed by atoms with Crippen molar-refractivity contribution in [1.82, 2.24) is 9.78 Å². The molecule has 2 N–H and O–H groups in total. The Morgan fingerprint density at radius 3 is 2.59 bits per heavy atom. The van der Waals surface area contributed by atoms with Crippen LogP contribution in [0.1, 0.15) is 23.9 Å². The molecule has 0 unspecified atom stereocenters. The molecule has 0 amide bonds. The summed E-state index contributed by atoms with van der Waals surface area (Å²) >= 11 is 0. The minimum absolute atomic E-state index is 0.330. The Labute approximate surface area is 100 Å². The number of benzene rings is 1. The van der Waals surface area contributed by atoms with Crippen molar-refractivity contribution in [1.29, 1.82) is 0 Å². The third-order valence-electron chi connectivity index (χ3n) is 3.01. The van der Waals surface area contributed by atoms with Crippen molar-refractivity contribution >= 4 is 5.69 Å². The molecule has 0 atom stereocenters. The number of nitrogens with zero attached hydrogens (tertiary/aromatic N) is 2. The Morgan fingerprint density at radius 2 is 2.06 bits per heavy atom. The van der Waals surface area contributed by atoms with E-state index in [0.717, 1.165) is 23.5 Å². The van der Waals surface area contributed by atoms with E-state index in [4.69, 9.17) is 5.73 Å². The number of aryl methyl sites for hydroxylation is 1. The summed E-state index contributed by atoms with van der Waals surface area (Å²) in [6, 6.07) is 4.37. The fourth-order valence-electron chi connectivity index (χ4n) is 2.14. The zero-order valence-corrected chi connectivity index (χ0v) is 10.3. The maximum atomic E-state index is 13.0. The smallest absolute Gasteiger partial charge is 0.125 e. The van der Waals surface area contributed by atoms with Gasteiger partial charge in [0.05, 0.1) is 17.1 Å². The molecule has 1 aromatic carbocycles. The lowest BCUT2D eigenvalue weighted by molar-refractivity contribution is 0.627. The van der Waals surface area contributed by atoms with E-state index in [1.807, 2.05) is 13.8 Å². The van der Waals surface area contributed by atoms with Crippen LogP contribution in [0.5, 0.6) is 0 Å². The first kappa shape index (κ1) is 11.6. The van der Waals surface area contributed by atoms with Crippen LogP contribution < -0.4 is 5.73 Å². The van der Waals surface area contributed by atoms with Crippen molar-refractivity contribution in [2.45, 2.75) is 27.2 Å². The Kier molecular flexibility index (Phi) is 2.88. The molecule has 0 saturated carbocycles. The summed E-state index contributed by atoms with van der Waals surface area (Å²) in [6.07, 6.45) is 0.929. The zero-order chi connectivity index (χ0) is 12.6. The fourth-order valence-corrected chi connectivity index (χ4v) is 2.14. The van der Waals surface area contributed by atoms with Crippen LogP contribution in [-0.4, -0.2) is 9.78 Å². The summed E-state index contributed by atoms with van der Waals surface area (Å²) in [6.45, 7) is 6.07. The monoisotopic (exact) mass is 233 g/mol. The number of nitrogen functional groups attached to an aromatic ring is 1. The first-order chi connectivity index (χ1) is 8.04. The molecule has 17 heavy (non-hydrogen) atoms. The maximum Gasteiger partial charge on any atom is 0.125 e. The molecule has 1 heterocycles. The number of rotatable bonds is 2. The van der Waals surface area contributed by atoms with Gasteiger partial charge in [0.1, 0.15) is 5.82 Å². The van der Waals surface area contributed by atoms with Gasteiger partial charge < -0.3 is 5.73 Å². The topological polar surface area (TPSA) is 43.8 Å². The second-order valence-electron chi connectivity index (χ2n) is 4.12. The van der Waals surface area contributed by atoms with Gasteiger partial charge in [0.2, 0.25) is 0 Å². The van der Waals surface area contributed by atoms with Gasteiger partial charge in [-0.25, -0.2) is 9.07 Å². The van der Waals surface area contributed by atoms with Crippen molar-refractivity contribution in [3.63, 3.8) is 0 Å². The van der Waals surface area contributed by atoms with Crippen LogP contribution in [-0.2, 0) is 6.42 Å². The fraction of sp³-hybridized carbons (Fsp3) is 0.308. The first-order valence-corrected chi connectivity index (χ1v) is 5.65. The quantitative estimate of drug-likeness (QED) is 0.810. The van der Waals surface area contributed by atoms with Crippen LogP contribution in [0.4, 0.5) is 10.1 Å².